The van der Waals surface area contributed by atoms with Crippen molar-refractivity contribution in [3.8, 4) is 18.4 Å². The van der Waals surface area contributed by atoms with E-state index in [9.17, 15) is 0 Å². The minimum Gasteiger partial charge on any atom is -0.192 e. The van der Waals surface area contributed by atoms with Gasteiger partial charge in [-0.05, 0) is 70.8 Å². The molecule has 0 aliphatic rings. The van der Waals surface area contributed by atoms with Crippen molar-refractivity contribution in [3.63, 3.8) is 0 Å². The van der Waals surface area contributed by atoms with Gasteiger partial charge in [0, 0.05) is 10.0 Å². The first-order chi connectivity index (χ1) is 15.2. The molecular weight excluding hydrogens is 454 g/mol. The maximum absolute atomic E-state index is 8.52. The number of hydrogen-bond donors (Lipinski definition) is 0. The highest BCUT2D eigenvalue weighted by atomic mass is 79.9. The molecule has 0 unspecified atom stereocenters. The zero-order valence-electron chi connectivity index (χ0n) is 20.1. The predicted octanol–water partition coefficient (Wildman–Crippen LogP) is 9.05. The average Bonchev–Trinajstić information content (AvgIpc) is 2.80. The van der Waals surface area contributed by atoms with Crippen LogP contribution in [0.3, 0.4) is 0 Å². The summed E-state index contributed by atoms with van der Waals surface area (Å²) in [4.78, 5) is 0. The first-order valence-electron chi connectivity index (χ1n) is 11.0. The fourth-order valence-electron chi connectivity index (χ4n) is 2.75. The van der Waals surface area contributed by atoms with Crippen molar-refractivity contribution >= 4 is 15.9 Å². The van der Waals surface area contributed by atoms with Crippen LogP contribution in [0.15, 0.2) is 77.3 Å². The van der Waals surface area contributed by atoms with Gasteiger partial charge in [-0.2, -0.15) is 5.26 Å². The quantitative estimate of drug-likeness (QED) is 0.337. The van der Waals surface area contributed by atoms with Crippen molar-refractivity contribution in [1.29, 1.82) is 5.26 Å². The van der Waals surface area contributed by atoms with Crippen LogP contribution in [0.1, 0.15) is 87.1 Å². The predicted molar refractivity (Wildman–Crippen MR) is 142 cm³/mol. The molecule has 0 fully saturated rings. The molecule has 2 heteroatoms. The summed E-state index contributed by atoms with van der Waals surface area (Å²) in [5.41, 5.74) is 5.69. The largest absolute Gasteiger partial charge is 0.192 e. The van der Waals surface area contributed by atoms with Gasteiger partial charge in [-0.3, -0.25) is 0 Å². The molecule has 0 amide bonds. The molecule has 0 saturated heterocycles. The fraction of sp³-hybridized carbons (Fsp3) is 0.300. The molecule has 0 N–H and O–H groups in total. The van der Waals surface area contributed by atoms with E-state index >= 15 is 0 Å². The van der Waals surface area contributed by atoms with Crippen LogP contribution in [0, 0.1) is 23.7 Å². The van der Waals surface area contributed by atoms with Gasteiger partial charge in [-0.1, -0.05) is 99.8 Å². The summed E-state index contributed by atoms with van der Waals surface area (Å²) in [7, 11) is 0. The molecule has 0 aromatic heterocycles. The lowest BCUT2D eigenvalue weighted by Gasteiger charge is -2.03. The van der Waals surface area contributed by atoms with E-state index in [1.807, 2.05) is 36.4 Å². The Morgan fingerprint density at radius 3 is 1.19 bits per heavy atom. The van der Waals surface area contributed by atoms with Gasteiger partial charge in [0.2, 0.25) is 0 Å². The maximum Gasteiger partial charge on any atom is 0.0991 e. The lowest BCUT2D eigenvalue weighted by atomic mass is 10.0. The Bertz CT molecular complexity index is 935. The van der Waals surface area contributed by atoms with Crippen molar-refractivity contribution in [2.45, 2.75) is 59.3 Å². The van der Waals surface area contributed by atoms with Crippen LogP contribution in [0.4, 0.5) is 0 Å². The highest BCUT2D eigenvalue weighted by Gasteiger charge is 1.98. The van der Waals surface area contributed by atoms with Gasteiger partial charge in [0.25, 0.3) is 0 Å². The molecule has 0 aliphatic carbocycles. The number of rotatable bonds is 3. The molecule has 3 aromatic carbocycles. The van der Waals surface area contributed by atoms with E-state index in [2.05, 4.69) is 106 Å². The molecule has 32 heavy (non-hydrogen) atoms. The molecule has 0 bridgehead atoms. The topological polar surface area (TPSA) is 23.8 Å². The molecule has 166 valence electrons. The Labute approximate surface area is 203 Å². The van der Waals surface area contributed by atoms with Gasteiger partial charge >= 0.3 is 0 Å². The van der Waals surface area contributed by atoms with Crippen molar-refractivity contribution in [3.05, 3.63) is 105 Å². The van der Waals surface area contributed by atoms with E-state index in [-0.39, 0.29) is 0 Å². The summed E-state index contributed by atoms with van der Waals surface area (Å²) < 4.78 is 1.15. The number of hydrogen-bond acceptors (Lipinski definition) is 1. The van der Waals surface area contributed by atoms with Crippen LogP contribution in [0.25, 0.3) is 0 Å². The van der Waals surface area contributed by atoms with E-state index in [0.29, 0.717) is 17.8 Å². The molecule has 0 radical (unpaired) electrons. The number of nitriles is 1. The Morgan fingerprint density at radius 1 is 0.594 bits per heavy atom. The Hall–Kier alpha value is -2.81. The van der Waals surface area contributed by atoms with E-state index in [1.165, 1.54) is 16.7 Å². The molecule has 3 rings (SSSR count). The summed E-state index contributed by atoms with van der Waals surface area (Å²) in [6, 6.07) is 26.4. The maximum atomic E-state index is 8.52. The fourth-order valence-corrected chi connectivity index (χ4v) is 3.02. The molecular formula is C30H34BrN. The molecule has 1 nitrogen and oxygen atoms in total. The minimum atomic E-state index is 0.544. The normalized spacial score (nSPS) is 9.88. The second kappa shape index (κ2) is 14.3. The number of nitrogens with zero attached hydrogens (tertiary/aromatic N) is 1. The molecule has 0 aliphatic heterocycles. The number of halogens is 1. The lowest BCUT2D eigenvalue weighted by Crippen LogP contribution is -1.85. The summed E-state index contributed by atoms with van der Waals surface area (Å²) in [5.74, 6) is 4.35. The van der Waals surface area contributed by atoms with Crippen molar-refractivity contribution in [2.24, 2.45) is 0 Å². The third kappa shape index (κ3) is 10.00. The van der Waals surface area contributed by atoms with Gasteiger partial charge in [0.1, 0.15) is 0 Å². The monoisotopic (exact) mass is 487 g/mol. The van der Waals surface area contributed by atoms with Gasteiger partial charge < -0.3 is 0 Å². The van der Waals surface area contributed by atoms with E-state index in [1.54, 1.807) is 0 Å². The average molecular weight is 489 g/mol. The lowest BCUT2D eigenvalue weighted by molar-refractivity contribution is 0.866. The summed E-state index contributed by atoms with van der Waals surface area (Å²) >= 11 is 3.39. The highest BCUT2D eigenvalue weighted by molar-refractivity contribution is 9.10. The molecule has 0 heterocycles. The third-order valence-corrected chi connectivity index (χ3v) is 5.52. The Morgan fingerprint density at radius 2 is 0.906 bits per heavy atom. The second-order valence-electron chi connectivity index (χ2n) is 8.52. The molecule has 0 saturated carbocycles. The summed E-state index contributed by atoms with van der Waals surface area (Å²) in [6.45, 7) is 13.0. The van der Waals surface area contributed by atoms with E-state index < -0.39 is 0 Å². The highest BCUT2D eigenvalue weighted by Crippen LogP contribution is 2.17. The van der Waals surface area contributed by atoms with Crippen LogP contribution in [-0.4, -0.2) is 0 Å². The van der Waals surface area contributed by atoms with Crippen LogP contribution < -0.4 is 0 Å². The zero-order valence-corrected chi connectivity index (χ0v) is 21.6. The van der Waals surface area contributed by atoms with Crippen molar-refractivity contribution < 1.29 is 0 Å². The third-order valence-electron chi connectivity index (χ3n) is 4.99. The smallest absolute Gasteiger partial charge is 0.0991 e. The first kappa shape index (κ1) is 27.2. The van der Waals surface area contributed by atoms with Crippen LogP contribution >= 0.6 is 15.9 Å². The second-order valence-corrected chi connectivity index (χ2v) is 9.43. The Kier molecular flexibility index (Phi) is 12.2. The minimum absolute atomic E-state index is 0.544. The van der Waals surface area contributed by atoms with Gasteiger partial charge in [0.15, 0.2) is 0 Å². The van der Waals surface area contributed by atoms with Gasteiger partial charge in [0.05, 0.1) is 11.6 Å². The van der Waals surface area contributed by atoms with Crippen molar-refractivity contribution in [2.75, 3.05) is 0 Å². The molecule has 0 spiro atoms. The molecule has 3 aromatic rings. The van der Waals surface area contributed by atoms with E-state index in [4.69, 9.17) is 11.7 Å². The number of benzene rings is 3. The van der Waals surface area contributed by atoms with Gasteiger partial charge in [-0.15, -0.1) is 6.42 Å². The summed E-state index contributed by atoms with van der Waals surface area (Å²) in [5, 5.41) is 8.52. The standard InChI is InChI=1S/C11H12.C10H11N.C9H11Br/c1-4-10-5-7-11(8-6-10)9(2)3;1-8(2)10-5-3-9(7-11)4-6-10;1-7(2)8-3-5-9(10)6-4-8/h1,5-9H,2-3H3;3-6,8H,1-2H3;3-7H,1-2H3. The zero-order chi connectivity index (χ0) is 24.1. The van der Waals surface area contributed by atoms with E-state index in [0.717, 1.165) is 15.6 Å². The van der Waals surface area contributed by atoms with Crippen LogP contribution in [0.2, 0.25) is 0 Å². The van der Waals surface area contributed by atoms with Crippen LogP contribution in [0.5, 0.6) is 0 Å². The Balaban J connectivity index is 0.000000240. The van der Waals surface area contributed by atoms with Crippen LogP contribution in [-0.2, 0) is 0 Å². The SMILES string of the molecule is C#Cc1ccc(C(C)C)cc1.CC(C)c1ccc(Br)cc1.CC(C)c1ccc(C#N)cc1. The van der Waals surface area contributed by atoms with Crippen molar-refractivity contribution in [1.82, 2.24) is 0 Å². The summed E-state index contributed by atoms with van der Waals surface area (Å²) in [6.07, 6.45) is 5.23. The van der Waals surface area contributed by atoms with Gasteiger partial charge in [-0.25, -0.2) is 0 Å². The number of terminal acetylenes is 1. The molecule has 0 atom stereocenters. The first-order valence-corrected chi connectivity index (χ1v) is 11.8.